The fourth-order valence-electron chi connectivity index (χ4n) is 2.34. The highest BCUT2D eigenvalue weighted by Crippen LogP contribution is 2.28. The predicted molar refractivity (Wildman–Crippen MR) is 109 cm³/mol. The smallest absolute Gasteiger partial charge is 0.236 e. The van der Waals surface area contributed by atoms with Crippen LogP contribution in [0.3, 0.4) is 0 Å². The zero-order valence-electron chi connectivity index (χ0n) is 13.8. The number of nitrogens with one attached hydrogen (secondary N) is 1. The average molecular weight is 399 g/mol. The van der Waals surface area contributed by atoms with E-state index in [4.69, 9.17) is 0 Å². The maximum Gasteiger partial charge on any atom is 0.236 e. The molecule has 4 aromatic rings. The van der Waals surface area contributed by atoms with Crippen molar-refractivity contribution in [3.8, 4) is 11.4 Å². The summed E-state index contributed by atoms with van der Waals surface area (Å²) in [7, 11) is 0. The lowest BCUT2D eigenvalue weighted by atomic mass is 10.2. The number of carbonyl (C=O) groups excluding carboxylic acids is 1. The van der Waals surface area contributed by atoms with Crippen LogP contribution < -0.4 is 5.32 Å². The zero-order chi connectivity index (χ0) is 17.9. The number of aryl methyl sites for hydroxylation is 1. The van der Waals surface area contributed by atoms with Gasteiger partial charge in [0.2, 0.25) is 5.91 Å². The molecule has 0 spiro atoms. The fourth-order valence-corrected chi connectivity index (χ4v) is 4.74. The lowest BCUT2D eigenvalue weighted by Crippen LogP contribution is -2.13. The largest absolute Gasteiger partial charge is 0.301 e. The maximum absolute atomic E-state index is 12.2. The summed E-state index contributed by atoms with van der Waals surface area (Å²) in [6.07, 6.45) is 0. The molecule has 2 aromatic carbocycles. The second-order valence-corrected chi connectivity index (χ2v) is 8.58. The van der Waals surface area contributed by atoms with E-state index in [2.05, 4.69) is 25.7 Å². The van der Waals surface area contributed by atoms with Gasteiger partial charge in [-0.15, -0.1) is 0 Å². The lowest BCUT2D eigenvalue weighted by molar-refractivity contribution is -0.113. The molecule has 0 saturated carbocycles. The Hall–Kier alpha value is -2.29. The minimum atomic E-state index is -0.0951. The van der Waals surface area contributed by atoms with Gasteiger partial charge < -0.3 is 5.32 Å². The first kappa shape index (κ1) is 17.1. The van der Waals surface area contributed by atoms with Crippen molar-refractivity contribution in [1.29, 1.82) is 0 Å². The number of fused-ring (bicyclic) bond motifs is 1. The Morgan fingerprint density at radius 1 is 1.15 bits per heavy atom. The van der Waals surface area contributed by atoms with Crippen molar-refractivity contribution in [2.75, 3.05) is 11.1 Å². The molecule has 0 aliphatic rings. The molecule has 0 atom stereocenters. The topological polar surface area (TPSA) is 67.8 Å². The third-order valence-electron chi connectivity index (χ3n) is 3.56. The number of carbonyl (C=O) groups is 1. The van der Waals surface area contributed by atoms with Crippen LogP contribution in [-0.2, 0) is 4.79 Å². The van der Waals surface area contributed by atoms with Crippen molar-refractivity contribution in [3.05, 3.63) is 54.1 Å². The molecule has 26 heavy (non-hydrogen) atoms. The van der Waals surface area contributed by atoms with Gasteiger partial charge in [0.1, 0.15) is 0 Å². The normalized spacial score (nSPS) is 11.0. The van der Waals surface area contributed by atoms with Gasteiger partial charge in [-0.2, -0.15) is 4.37 Å². The molecule has 2 aromatic heterocycles. The van der Waals surface area contributed by atoms with Crippen LogP contribution in [0, 0.1) is 6.92 Å². The molecule has 0 bridgehead atoms. The minimum absolute atomic E-state index is 0.0951. The van der Waals surface area contributed by atoms with Crippen molar-refractivity contribution >= 4 is 55.9 Å². The van der Waals surface area contributed by atoms with Crippen LogP contribution in [0.25, 0.3) is 21.6 Å². The van der Waals surface area contributed by atoms with E-state index in [1.165, 1.54) is 40.2 Å². The first-order valence-electron chi connectivity index (χ1n) is 7.86. The Morgan fingerprint density at radius 2 is 2.00 bits per heavy atom. The molecule has 0 fully saturated rings. The van der Waals surface area contributed by atoms with Gasteiger partial charge >= 0.3 is 0 Å². The van der Waals surface area contributed by atoms with Crippen LogP contribution in [0.2, 0.25) is 0 Å². The first-order valence-corrected chi connectivity index (χ1v) is 10.4. The van der Waals surface area contributed by atoms with Gasteiger partial charge in [0.15, 0.2) is 15.3 Å². The molecule has 8 heteroatoms. The SMILES string of the molecule is Cc1ccc2nc(NC(=O)CSc3nc(-c4ccccc4)ns3)sc2c1. The number of nitrogens with zero attached hydrogens (tertiary/aromatic N) is 3. The number of hydrogen-bond acceptors (Lipinski definition) is 7. The lowest BCUT2D eigenvalue weighted by Gasteiger charge is -1.99. The number of thioether (sulfide) groups is 1. The van der Waals surface area contributed by atoms with Crippen molar-refractivity contribution in [3.63, 3.8) is 0 Å². The molecular formula is C18H14N4OS3. The minimum Gasteiger partial charge on any atom is -0.301 e. The van der Waals surface area contributed by atoms with E-state index in [9.17, 15) is 4.79 Å². The molecule has 1 N–H and O–H groups in total. The Morgan fingerprint density at radius 3 is 2.85 bits per heavy atom. The summed E-state index contributed by atoms with van der Waals surface area (Å²) in [5.41, 5.74) is 3.06. The average Bonchev–Trinajstić information content (AvgIpc) is 3.27. The second kappa shape index (κ2) is 7.53. The number of hydrogen-bond donors (Lipinski definition) is 1. The van der Waals surface area contributed by atoms with E-state index >= 15 is 0 Å². The summed E-state index contributed by atoms with van der Waals surface area (Å²) in [4.78, 5) is 21.1. The molecule has 0 unspecified atom stereocenters. The van der Waals surface area contributed by atoms with Crippen LogP contribution in [0.5, 0.6) is 0 Å². The number of anilines is 1. The number of thiazole rings is 1. The van der Waals surface area contributed by atoms with Crippen molar-refractivity contribution < 1.29 is 4.79 Å². The quantitative estimate of drug-likeness (QED) is 0.487. The third-order valence-corrected chi connectivity index (χ3v) is 6.32. The van der Waals surface area contributed by atoms with E-state index in [0.717, 1.165) is 20.1 Å². The molecule has 0 saturated heterocycles. The van der Waals surface area contributed by atoms with Gasteiger partial charge in [-0.25, -0.2) is 9.97 Å². The van der Waals surface area contributed by atoms with Gasteiger partial charge in [0.05, 0.1) is 16.0 Å². The van der Waals surface area contributed by atoms with E-state index in [0.29, 0.717) is 11.0 Å². The molecule has 0 aliphatic carbocycles. The Labute approximate surface area is 162 Å². The third kappa shape index (κ3) is 3.92. The van der Waals surface area contributed by atoms with Crippen LogP contribution in [0.4, 0.5) is 5.13 Å². The van der Waals surface area contributed by atoms with Crippen molar-refractivity contribution in [1.82, 2.24) is 14.3 Å². The highest BCUT2D eigenvalue weighted by atomic mass is 32.2. The van der Waals surface area contributed by atoms with E-state index in [1.54, 1.807) is 0 Å². The Bertz CT molecular complexity index is 1060. The molecule has 0 radical (unpaired) electrons. The molecule has 2 heterocycles. The van der Waals surface area contributed by atoms with Crippen LogP contribution >= 0.6 is 34.6 Å². The van der Waals surface area contributed by atoms with Gasteiger partial charge in [-0.3, -0.25) is 4.79 Å². The van der Waals surface area contributed by atoms with Gasteiger partial charge in [-0.05, 0) is 36.2 Å². The van der Waals surface area contributed by atoms with E-state index < -0.39 is 0 Å². The molecule has 130 valence electrons. The number of aromatic nitrogens is 3. The summed E-state index contributed by atoms with van der Waals surface area (Å²) in [5, 5.41) is 3.49. The van der Waals surface area contributed by atoms with Crippen LogP contribution in [0.15, 0.2) is 52.9 Å². The monoisotopic (exact) mass is 398 g/mol. The van der Waals surface area contributed by atoms with E-state index in [-0.39, 0.29) is 11.7 Å². The zero-order valence-corrected chi connectivity index (χ0v) is 16.3. The van der Waals surface area contributed by atoms with Gasteiger partial charge in [-0.1, -0.05) is 59.5 Å². The summed E-state index contributed by atoms with van der Waals surface area (Å²) in [5.74, 6) is 0.876. The number of amides is 1. The van der Waals surface area contributed by atoms with Crippen LogP contribution in [0.1, 0.15) is 5.56 Å². The fraction of sp³-hybridized carbons (Fsp3) is 0.111. The predicted octanol–water partition coefficient (Wildman–Crippen LogP) is 4.85. The van der Waals surface area contributed by atoms with Gasteiger partial charge in [0, 0.05) is 5.56 Å². The first-order chi connectivity index (χ1) is 12.7. The molecular weight excluding hydrogens is 384 g/mol. The van der Waals surface area contributed by atoms with Gasteiger partial charge in [0.25, 0.3) is 0 Å². The summed E-state index contributed by atoms with van der Waals surface area (Å²) >= 11 is 4.17. The highest BCUT2D eigenvalue weighted by molar-refractivity contribution is 8.01. The Kier molecular flexibility index (Phi) is 4.96. The Balaban J connectivity index is 1.37. The molecule has 5 nitrogen and oxygen atoms in total. The maximum atomic E-state index is 12.2. The number of rotatable bonds is 5. The number of benzene rings is 2. The van der Waals surface area contributed by atoms with Crippen molar-refractivity contribution in [2.24, 2.45) is 0 Å². The second-order valence-electron chi connectivity index (χ2n) is 5.58. The summed E-state index contributed by atoms with van der Waals surface area (Å²) < 4.78 is 6.20. The highest BCUT2D eigenvalue weighted by Gasteiger charge is 2.11. The molecule has 0 aliphatic heterocycles. The molecule has 1 amide bonds. The van der Waals surface area contributed by atoms with Crippen LogP contribution in [-0.4, -0.2) is 26.0 Å². The molecule has 4 rings (SSSR count). The van der Waals surface area contributed by atoms with Crippen molar-refractivity contribution in [2.45, 2.75) is 11.3 Å². The van der Waals surface area contributed by atoms with E-state index in [1.807, 2.05) is 49.4 Å². The summed E-state index contributed by atoms with van der Waals surface area (Å²) in [6, 6.07) is 15.9. The summed E-state index contributed by atoms with van der Waals surface area (Å²) in [6.45, 7) is 2.04. The standard InChI is InChI=1S/C18H14N4OS3/c1-11-7-8-13-14(9-11)25-17(19-13)20-15(23)10-24-18-21-16(22-26-18)12-5-3-2-4-6-12/h2-9H,10H2,1H3,(H,19,20,23).